The summed E-state index contributed by atoms with van der Waals surface area (Å²) < 4.78 is 0. The van der Waals surface area contributed by atoms with Crippen LogP contribution in [0.25, 0.3) is 0 Å². The van der Waals surface area contributed by atoms with Crippen molar-refractivity contribution < 1.29 is 9.59 Å². The summed E-state index contributed by atoms with van der Waals surface area (Å²) in [5.74, 6) is -0.234. The number of benzene rings is 2. The van der Waals surface area contributed by atoms with Crippen LogP contribution in [0, 0.1) is 0 Å². The standard InChI is InChI=1S/C17H15Cl2N3O2/c18-13-5-4-12(15(19)9-13)10-21-16(23)11-2-1-3-14(8-11)22-7-6-20-17(22)24/h1-5,8-9H,6-7,10H2,(H,20,24)(H,21,23). The number of anilines is 1. The zero-order chi connectivity index (χ0) is 17.1. The minimum absolute atomic E-state index is 0.152. The number of nitrogens with one attached hydrogen (secondary N) is 2. The van der Waals surface area contributed by atoms with Crippen molar-refractivity contribution in [3.63, 3.8) is 0 Å². The van der Waals surface area contributed by atoms with Crippen molar-refractivity contribution in [1.29, 1.82) is 0 Å². The van der Waals surface area contributed by atoms with Gasteiger partial charge in [-0.1, -0.05) is 35.3 Å². The van der Waals surface area contributed by atoms with Crippen molar-refractivity contribution in [2.75, 3.05) is 18.0 Å². The maximum absolute atomic E-state index is 12.3. The Morgan fingerprint density at radius 2 is 2.04 bits per heavy atom. The summed E-state index contributed by atoms with van der Waals surface area (Å²) in [6.45, 7) is 1.48. The third-order valence-electron chi connectivity index (χ3n) is 3.73. The predicted octanol–water partition coefficient (Wildman–Crippen LogP) is 3.45. The Labute approximate surface area is 149 Å². The van der Waals surface area contributed by atoms with Crippen LogP contribution in [0.1, 0.15) is 15.9 Å². The number of amides is 3. The predicted molar refractivity (Wildman–Crippen MR) is 94.8 cm³/mol. The number of hydrogen-bond acceptors (Lipinski definition) is 2. The molecule has 2 aromatic rings. The molecule has 0 aliphatic carbocycles. The second-order valence-corrected chi connectivity index (χ2v) is 6.20. The molecule has 1 aliphatic heterocycles. The lowest BCUT2D eigenvalue weighted by Gasteiger charge is -2.15. The zero-order valence-electron chi connectivity index (χ0n) is 12.7. The van der Waals surface area contributed by atoms with E-state index in [4.69, 9.17) is 23.2 Å². The van der Waals surface area contributed by atoms with Gasteiger partial charge in [-0.3, -0.25) is 9.69 Å². The van der Waals surface area contributed by atoms with Gasteiger partial charge >= 0.3 is 6.03 Å². The lowest BCUT2D eigenvalue weighted by molar-refractivity contribution is 0.0951. The van der Waals surface area contributed by atoms with E-state index in [1.165, 1.54) is 0 Å². The molecule has 0 saturated carbocycles. The SMILES string of the molecule is O=C(NCc1ccc(Cl)cc1Cl)c1cccc(N2CCNC2=O)c1. The Bertz CT molecular complexity index is 795. The van der Waals surface area contributed by atoms with Crippen LogP contribution in [-0.4, -0.2) is 25.0 Å². The fraction of sp³-hybridized carbons (Fsp3) is 0.176. The van der Waals surface area contributed by atoms with Crippen LogP contribution in [0.4, 0.5) is 10.5 Å². The number of carbonyl (C=O) groups is 2. The van der Waals surface area contributed by atoms with E-state index in [-0.39, 0.29) is 11.9 Å². The molecule has 1 saturated heterocycles. The number of urea groups is 1. The summed E-state index contributed by atoms with van der Waals surface area (Å²) in [4.78, 5) is 25.7. The van der Waals surface area contributed by atoms with E-state index in [1.807, 2.05) is 0 Å². The van der Waals surface area contributed by atoms with E-state index in [9.17, 15) is 9.59 Å². The largest absolute Gasteiger partial charge is 0.348 e. The molecule has 1 heterocycles. The molecule has 0 spiro atoms. The third kappa shape index (κ3) is 3.63. The molecule has 124 valence electrons. The zero-order valence-corrected chi connectivity index (χ0v) is 14.2. The first-order valence-electron chi connectivity index (χ1n) is 7.42. The highest BCUT2D eigenvalue weighted by Gasteiger charge is 2.21. The van der Waals surface area contributed by atoms with Crippen molar-refractivity contribution in [2.45, 2.75) is 6.54 Å². The van der Waals surface area contributed by atoms with Crippen molar-refractivity contribution in [1.82, 2.24) is 10.6 Å². The minimum atomic E-state index is -0.234. The summed E-state index contributed by atoms with van der Waals surface area (Å²) in [5, 5.41) is 6.61. The first kappa shape index (κ1) is 16.6. The first-order valence-corrected chi connectivity index (χ1v) is 8.18. The molecular weight excluding hydrogens is 349 g/mol. The average molecular weight is 364 g/mol. The van der Waals surface area contributed by atoms with Gasteiger partial charge in [0.25, 0.3) is 5.91 Å². The Morgan fingerprint density at radius 1 is 1.21 bits per heavy atom. The molecule has 0 bridgehead atoms. The van der Waals surface area contributed by atoms with E-state index < -0.39 is 0 Å². The molecule has 7 heteroatoms. The molecule has 1 fully saturated rings. The molecule has 0 atom stereocenters. The highest BCUT2D eigenvalue weighted by atomic mass is 35.5. The second-order valence-electron chi connectivity index (χ2n) is 5.35. The number of hydrogen-bond donors (Lipinski definition) is 2. The normalized spacial score (nSPS) is 13.8. The number of rotatable bonds is 4. The summed E-state index contributed by atoms with van der Waals surface area (Å²) in [6.07, 6.45) is 0. The molecular formula is C17H15Cl2N3O2. The van der Waals surface area contributed by atoms with E-state index >= 15 is 0 Å². The van der Waals surface area contributed by atoms with Gasteiger partial charge in [0.15, 0.2) is 0 Å². The lowest BCUT2D eigenvalue weighted by atomic mass is 10.1. The third-order valence-corrected chi connectivity index (χ3v) is 4.32. The van der Waals surface area contributed by atoms with Gasteiger partial charge in [-0.25, -0.2) is 4.79 Å². The summed E-state index contributed by atoms with van der Waals surface area (Å²) in [6, 6.07) is 11.9. The topological polar surface area (TPSA) is 61.4 Å². The minimum Gasteiger partial charge on any atom is -0.348 e. The Morgan fingerprint density at radius 3 is 2.75 bits per heavy atom. The summed E-state index contributed by atoms with van der Waals surface area (Å²) >= 11 is 12.0. The molecule has 5 nitrogen and oxygen atoms in total. The van der Waals surface area contributed by atoms with Crippen LogP contribution in [0.3, 0.4) is 0 Å². The molecule has 24 heavy (non-hydrogen) atoms. The molecule has 0 aromatic heterocycles. The van der Waals surface area contributed by atoms with E-state index in [0.29, 0.717) is 40.9 Å². The Kier molecular flexibility index (Phi) is 4.92. The lowest BCUT2D eigenvalue weighted by Crippen LogP contribution is -2.28. The second kappa shape index (κ2) is 7.11. The van der Waals surface area contributed by atoms with Gasteiger partial charge in [-0.05, 0) is 35.9 Å². The fourth-order valence-electron chi connectivity index (χ4n) is 2.48. The molecule has 0 unspecified atom stereocenters. The van der Waals surface area contributed by atoms with Gasteiger partial charge in [0.2, 0.25) is 0 Å². The van der Waals surface area contributed by atoms with Crippen LogP contribution in [0.15, 0.2) is 42.5 Å². The fourth-order valence-corrected chi connectivity index (χ4v) is 2.95. The Balaban J connectivity index is 1.70. The molecule has 1 aliphatic rings. The quantitative estimate of drug-likeness (QED) is 0.873. The number of halogens is 2. The maximum Gasteiger partial charge on any atom is 0.321 e. The molecule has 3 rings (SSSR count). The van der Waals surface area contributed by atoms with E-state index in [0.717, 1.165) is 5.56 Å². The summed E-state index contributed by atoms with van der Waals surface area (Å²) in [5.41, 5.74) is 1.96. The van der Waals surface area contributed by atoms with Crippen molar-refractivity contribution in [3.05, 3.63) is 63.6 Å². The Hall–Kier alpha value is -2.24. The first-order chi connectivity index (χ1) is 11.5. The van der Waals surface area contributed by atoms with Gasteiger partial charge in [-0.2, -0.15) is 0 Å². The van der Waals surface area contributed by atoms with Gasteiger partial charge in [-0.15, -0.1) is 0 Å². The van der Waals surface area contributed by atoms with Gasteiger partial charge in [0, 0.05) is 40.9 Å². The van der Waals surface area contributed by atoms with Crippen LogP contribution in [0.2, 0.25) is 10.0 Å². The summed E-state index contributed by atoms with van der Waals surface area (Å²) in [7, 11) is 0. The molecule has 2 N–H and O–H groups in total. The van der Waals surface area contributed by atoms with Gasteiger partial charge in [0.05, 0.1) is 0 Å². The van der Waals surface area contributed by atoms with E-state index in [1.54, 1.807) is 47.4 Å². The van der Waals surface area contributed by atoms with Crippen LogP contribution in [-0.2, 0) is 6.54 Å². The maximum atomic E-state index is 12.3. The van der Waals surface area contributed by atoms with Crippen molar-refractivity contribution in [3.8, 4) is 0 Å². The number of nitrogens with zero attached hydrogens (tertiary/aromatic N) is 1. The average Bonchev–Trinajstić information content (AvgIpc) is 3.00. The van der Waals surface area contributed by atoms with Gasteiger partial charge < -0.3 is 10.6 Å². The highest BCUT2D eigenvalue weighted by Crippen LogP contribution is 2.21. The monoisotopic (exact) mass is 363 g/mol. The van der Waals surface area contributed by atoms with Crippen molar-refractivity contribution >= 4 is 40.8 Å². The molecule has 3 amide bonds. The van der Waals surface area contributed by atoms with Crippen LogP contribution >= 0.6 is 23.2 Å². The van der Waals surface area contributed by atoms with E-state index in [2.05, 4.69) is 10.6 Å². The molecule has 0 radical (unpaired) electrons. The van der Waals surface area contributed by atoms with Crippen LogP contribution < -0.4 is 15.5 Å². The number of carbonyl (C=O) groups excluding carboxylic acids is 2. The van der Waals surface area contributed by atoms with Gasteiger partial charge in [0.1, 0.15) is 0 Å². The smallest absolute Gasteiger partial charge is 0.321 e. The highest BCUT2D eigenvalue weighted by molar-refractivity contribution is 6.35. The van der Waals surface area contributed by atoms with Crippen LogP contribution in [0.5, 0.6) is 0 Å². The van der Waals surface area contributed by atoms with Crippen molar-refractivity contribution in [2.24, 2.45) is 0 Å². The molecule has 2 aromatic carbocycles.